The van der Waals surface area contributed by atoms with Crippen molar-refractivity contribution in [2.45, 2.75) is 31.8 Å². The number of carbonyl (C=O) groups excluding carboxylic acids is 1. The van der Waals surface area contributed by atoms with Crippen molar-refractivity contribution in [3.63, 3.8) is 0 Å². The molecule has 1 fully saturated rings. The second-order valence-electron chi connectivity index (χ2n) is 8.02. The van der Waals surface area contributed by atoms with Crippen LogP contribution in [0.5, 0.6) is 0 Å². The highest BCUT2D eigenvalue weighted by Gasteiger charge is 2.19. The molecule has 2 aromatic heterocycles. The van der Waals surface area contributed by atoms with E-state index >= 15 is 0 Å². The Hall–Kier alpha value is -3.01. The van der Waals surface area contributed by atoms with Crippen LogP contribution in [-0.4, -0.2) is 46.7 Å². The fraction of sp³-hybridized carbons (Fsp3) is 0.348. The predicted molar refractivity (Wildman–Crippen MR) is 125 cm³/mol. The van der Waals surface area contributed by atoms with Gasteiger partial charge in [-0.2, -0.15) is 0 Å². The van der Waals surface area contributed by atoms with Crippen molar-refractivity contribution in [1.29, 1.82) is 0 Å². The minimum Gasteiger partial charge on any atom is -0.381 e. The fourth-order valence-corrected chi connectivity index (χ4v) is 4.01. The summed E-state index contributed by atoms with van der Waals surface area (Å²) in [7, 11) is 0. The topological polar surface area (TPSA) is 118 Å². The van der Waals surface area contributed by atoms with E-state index in [0.29, 0.717) is 17.2 Å². The second kappa shape index (κ2) is 10.3. The summed E-state index contributed by atoms with van der Waals surface area (Å²) in [5.74, 6) is -0.318. The van der Waals surface area contributed by atoms with Gasteiger partial charge < -0.3 is 26.1 Å². The van der Waals surface area contributed by atoms with Crippen molar-refractivity contribution in [2.75, 3.05) is 25.1 Å². The van der Waals surface area contributed by atoms with Gasteiger partial charge in [0.25, 0.3) is 5.91 Å². The quantitative estimate of drug-likeness (QED) is 0.417. The molecular weight excluding hydrogens is 447 g/mol. The van der Waals surface area contributed by atoms with E-state index in [2.05, 4.69) is 25.6 Å². The summed E-state index contributed by atoms with van der Waals surface area (Å²) in [6.07, 6.45) is 5.29. The van der Waals surface area contributed by atoms with Gasteiger partial charge in [-0.1, -0.05) is 11.6 Å². The maximum absolute atomic E-state index is 13.7. The molecule has 33 heavy (non-hydrogen) atoms. The molecule has 1 aliphatic rings. The van der Waals surface area contributed by atoms with Gasteiger partial charge in [-0.3, -0.25) is 4.79 Å². The molecule has 0 bridgehead atoms. The number of rotatable bonds is 7. The summed E-state index contributed by atoms with van der Waals surface area (Å²) in [5.41, 5.74) is 9.02. The van der Waals surface area contributed by atoms with Crippen LogP contribution in [0.1, 0.15) is 40.5 Å². The molecule has 8 nitrogen and oxygen atoms in total. The number of aromatic amines is 1. The maximum Gasteiger partial charge on any atom is 0.268 e. The van der Waals surface area contributed by atoms with Crippen LogP contribution in [0.3, 0.4) is 0 Å². The normalized spacial score (nSPS) is 15.3. The van der Waals surface area contributed by atoms with E-state index in [4.69, 9.17) is 22.1 Å². The van der Waals surface area contributed by atoms with Crippen molar-refractivity contribution in [3.8, 4) is 11.3 Å². The largest absolute Gasteiger partial charge is 0.381 e. The number of amides is 1. The van der Waals surface area contributed by atoms with Crippen molar-refractivity contribution in [3.05, 3.63) is 64.3 Å². The average molecular weight is 473 g/mol. The van der Waals surface area contributed by atoms with Crippen LogP contribution < -0.4 is 16.4 Å². The van der Waals surface area contributed by atoms with Gasteiger partial charge in [0.05, 0.1) is 11.7 Å². The zero-order valence-corrected chi connectivity index (χ0v) is 19.0. The van der Waals surface area contributed by atoms with Gasteiger partial charge in [0.2, 0.25) is 5.95 Å². The monoisotopic (exact) mass is 472 g/mol. The number of H-pyrrole nitrogens is 1. The number of benzene rings is 1. The van der Waals surface area contributed by atoms with Crippen LogP contribution in [-0.2, 0) is 4.74 Å². The number of halogens is 2. The third-order valence-corrected chi connectivity index (χ3v) is 5.77. The number of nitrogens with one attached hydrogen (secondary N) is 3. The van der Waals surface area contributed by atoms with Crippen molar-refractivity contribution in [2.24, 2.45) is 5.73 Å². The molecule has 10 heteroatoms. The molecule has 0 radical (unpaired) electrons. The molecule has 4 rings (SSSR count). The van der Waals surface area contributed by atoms with E-state index in [-0.39, 0.29) is 23.5 Å². The Morgan fingerprint density at radius 1 is 1.33 bits per heavy atom. The zero-order valence-electron chi connectivity index (χ0n) is 18.2. The first-order chi connectivity index (χ1) is 15.9. The van der Waals surface area contributed by atoms with Crippen molar-refractivity contribution >= 4 is 23.5 Å². The number of carbonyl (C=O) groups is 1. The lowest BCUT2D eigenvalue weighted by atomic mass is 10.1. The lowest BCUT2D eigenvalue weighted by Crippen LogP contribution is -2.33. The summed E-state index contributed by atoms with van der Waals surface area (Å²) in [6.45, 7) is 3.44. The summed E-state index contributed by atoms with van der Waals surface area (Å²) in [4.78, 5) is 24.9. The van der Waals surface area contributed by atoms with Crippen LogP contribution in [0.15, 0.2) is 36.7 Å². The molecule has 0 aliphatic carbocycles. The molecule has 3 heterocycles. The van der Waals surface area contributed by atoms with Gasteiger partial charge in [0.1, 0.15) is 11.5 Å². The highest BCUT2D eigenvalue weighted by molar-refractivity contribution is 6.30. The summed E-state index contributed by atoms with van der Waals surface area (Å²) >= 11 is 5.94. The molecule has 3 aromatic rings. The Kier molecular flexibility index (Phi) is 7.22. The lowest BCUT2D eigenvalue weighted by molar-refractivity contribution is 0.0903. The Balaban J connectivity index is 1.49. The highest BCUT2D eigenvalue weighted by atomic mass is 35.5. The number of anilines is 1. The van der Waals surface area contributed by atoms with E-state index in [1.54, 1.807) is 24.5 Å². The average Bonchev–Trinajstić information content (AvgIpc) is 3.29. The first-order valence-electron chi connectivity index (χ1n) is 10.8. The molecule has 1 aliphatic heterocycles. The van der Waals surface area contributed by atoms with Gasteiger partial charge in [-0.15, -0.1) is 0 Å². The van der Waals surface area contributed by atoms with Gasteiger partial charge in [0, 0.05) is 48.8 Å². The number of nitrogens with zero attached hydrogens (tertiary/aromatic N) is 2. The molecule has 1 amide bonds. The number of ether oxygens (including phenoxy) is 1. The maximum atomic E-state index is 13.7. The number of hydrogen-bond acceptors (Lipinski definition) is 6. The first-order valence-corrected chi connectivity index (χ1v) is 11.1. The van der Waals surface area contributed by atoms with E-state index in [1.807, 2.05) is 6.92 Å². The van der Waals surface area contributed by atoms with Crippen molar-refractivity contribution in [1.82, 2.24) is 20.3 Å². The number of nitrogens with two attached hydrogens (primary N) is 1. The Labute approximate surface area is 196 Å². The molecular formula is C23H26ClFN6O2. The zero-order chi connectivity index (χ0) is 23.4. The van der Waals surface area contributed by atoms with Crippen LogP contribution >= 0.6 is 11.6 Å². The van der Waals surface area contributed by atoms with Crippen LogP contribution in [0.4, 0.5) is 10.3 Å². The summed E-state index contributed by atoms with van der Waals surface area (Å²) < 4.78 is 19.1. The standard InChI is InChI=1S/C23H26ClFN6O2/c1-13-11-28-23(29-18-2-4-33-5-3-18)31-21(13)15-8-19(27-12-15)22(32)30-20(10-26)14-6-16(24)9-17(25)7-14/h6-9,11-12,18,20,27H,2-5,10,26H2,1H3,(H,30,32)(H,28,29,31)/t20-/m1/s1. The number of aromatic nitrogens is 3. The first kappa shape index (κ1) is 23.2. The smallest absolute Gasteiger partial charge is 0.268 e. The third kappa shape index (κ3) is 5.68. The Bertz CT molecular complexity index is 1110. The molecule has 0 unspecified atom stereocenters. The molecule has 1 atom stereocenters. The number of aryl methyl sites for hydroxylation is 1. The molecule has 1 saturated heterocycles. The molecule has 174 valence electrons. The van der Waals surface area contributed by atoms with Gasteiger partial charge >= 0.3 is 0 Å². The van der Waals surface area contributed by atoms with E-state index < -0.39 is 11.9 Å². The summed E-state index contributed by atoms with van der Waals surface area (Å²) in [5, 5.41) is 6.42. The second-order valence-corrected chi connectivity index (χ2v) is 8.46. The molecule has 5 N–H and O–H groups in total. The SMILES string of the molecule is Cc1cnc(NC2CCOCC2)nc1-c1c[nH]c(C(=O)N[C@H](CN)c2cc(F)cc(Cl)c2)c1. The van der Waals surface area contributed by atoms with E-state index in [9.17, 15) is 9.18 Å². The Morgan fingerprint density at radius 3 is 2.85 bits per heavy atom. The highest BCUT2D eigenvalue weighted by Crippen LogP contribution is 2.24. The minimum absolute atomic E-state index is 0.0886. The lowest BCUT2D eigenvalue weighted by Gasteiger charge is -2.23. The summed E-state index contributed by atoms with van der Waals surface area (Å²) in [6, 6.07) is 5.49. The molecule has 0 spiro atoms. The Morgan fingerprint density at radius 2 is 2.12 bits per heavy atom. The minimum atomic E-state index is -0.589. The third-order valence-electron chi connectivity index (χ3n) is 5.56. The van der Waals surface area contributed by atoms with Gasteiger partial charge in [-0.05, 0) is 55.2 Å². The predicted octanol–water partition coefficient (Wildman–Crippen LogP) is 3.59. The van der Waals surface area contributed by atoms with E-state index in [1.165, 1.54) is 12.1 Å². The van der Waals surface area contributed by atoms with Crippen LogP contribution in [0.25, 0.3) is 11.3 Å². The number of hydrogen-bond donors (Lipinski definition) is 4. The van der Waals surface area contributed by atoms with Gasteiger partial charge in [0.15, 0.2) is 0 Å². The van der Waals surface area contributed by atoms with Gasteiger partial charge in [-0.25, -0.2) is 14.4 Å². The fourth-order valence-electron chi connectivity index (χ4n) is 3.78. The van der Waals surface area contributed by atoms with Crippen LogP contribution in [0.2, 0.25) is 5.02 Å². The molecule has 1 aromatic carbocycles. The van der Waals surface area contributed by atoms with Crippen LogP contribution in [0, 0.1) is 12.7 Å². The van der Waals surface area contributed by atoms with Crippen molar-refractivity contribution < 1.29 is 13.9 Å². The molecule has 0 saturated carbocycles. The van der Waals surface area contributed by atoms with E-state index in [0.717, 1.165) is 42.9 Å².